The van der Waals surface area contributed by atoms with Gasteiger partial charge in [-0.25, -0.2) is 5.48 Å². The van der Waals surface area contributed by atoms with Gasteiger partial charge in [-0.05, 0) is 37.0 Å². The molecular weight excluding hydrogens is 446 g/mol. The fourth-order valence-electron chi connectivity index (χ4n) is 4.22. The molecule has 2 aromatic carbocycles. The number of imide groups is 1. The van der Waals surface area contributed by atoms with Crippen molar-refractivity contribution >= 4 is 23.6 Å². The third kappa shape index (κ3) is 6.14. The first-order chi connectivity index (χ1) is 16.7. The van der Waals surface area contributed by atoms with E-state index in [0.29, 0.717) is 24.1 Å². The number of carbonyl (C=O) groups is 4. The van der Waals surface area contributed by atoms with E-state index in [9.17, 15) is 19.2 Å². The van der Waals surface area contributed by atoms with Gasteiger partial charge in [-0.2, -0.15) is 0 Å². The molecule has 2 aromatic rings. The fourth-order valence-corrected chi connectivity index (χ4v) is 4.22. The van der Waals surface area contributed by atoms with Gasteiger partial charge in [0.2, 0.25) is 11.8 Å². The Morgan fingerprint density at radius 2 is 1.51 bits per heavy atom. The molecule has 1 heterocycles. The Morgan fingerprint density at radius 3 is 2.06 bits per heavy atom. The molecule has 0 saturated heterocycles. The van der Waals surface area contributed by atoms with E-state index in [2.05, 4.69) is 5.48 Å². The zero-order chi connectivity index (χ0) is 25.5. The summed E-state index contributed by atoms with van der Waals surface area (Å²) >= 11 is 0. The van der Waals surface area contributed by atoms with Crippen LogP contribution in [0.3, 0.4) is 0 Å². The summed E-state index contributed by atoms with van der Waals surface area (Å²) in [5.41, 5.74) is 3.93. The number of rotatable bonds is 11. The molecule has 0 bridgehead atoms. The molecule has 1 aliphatic heterocycles. The number of hydrogen-bond acceptors (Lipinski definition) is 5. The molecule has 1 N–H and O–H groups in total. The van der Waals surface area contributed by atoms with E-state index in [0.717, 1.165) is 10.5 Å². The van der Waals surface area contributed by atoms with Crippen LogP contribution in [0.5, 0.6) is 0 Å². The monoisotopic (exact) mass is 479 g/mol. The molecule has 1 unspecified atom stereocenters. The number of hydroxylamine groups is 1. The standard InChI is InChI=1S/C27H33N3O5/c1-5-29(4)25(32)22(15-18(2)3)23(24(31)28-35-17-19-11-7-6-8-12-19)16-30-26(33)20-13-9-10-14-21(20)27(30)34/h6-14,18,22-23H,5,15-17H2,1-4H3,(H,28,31)/t22?,23-/m0/s1. The van der Waals surface area contributed by atoms with Crippen LogP contribution in [0.15, 0.2) is 54.6 Å². The largest absolute Gasteiger partial charge is 0.346 e. The molecule has 186 valence electrons. The van der Waals surface area contributed by atoms with Crippen LogP contribution in [-0.4, -0.2) is 53.6 Å². The maximum absolute atomic E-state index is 13.4. The highest BCUT2D eigenvalue weighted by molar-refractivity contribution is 6.21. The number of hydrogen-bond donors (Lipinski definition) is 1. The van der Waals surface area contributed by atoms with E-state index in [1.54, 1.807) is 36.2 Å². The van der Waals surface area contributed by atoms with Gasteiger partial charge >= 0.3 is 0 Å². The molecule has 0 spiro atoms. The average molecular weight is 480 g/mol. The second-order valence-electron chi connectivity index (χ2n) is 9.20. The van der Waals surface area contributed by atoms with E-state index in [4.69, 9.17) is 4.84 Å². The quantitative estimate of drug-likeness (QED) is 0.394. The lowest BCUT2D eigenvalue weighted by Gasteiger charge is -2.31. The van der Waals surface area contributed by atoms with Crippen LogP contribution >= 0.6 is 0 Å². The van der Waals surface area contributed by atoms with Crippen LogP contribution in [-0.2, 0) is 21.0 Å². The molecule has 2 atom stereocenters. The Hall–Kier alpha value is -3.52. The summed E-state index contributed by atoms with van der Waals surface area (Å²) in [5.74, 6) is -3.28. The van der Waals surface area contributed by atoms with Crippen molar-refractivity contribution in [2.45, 2.75) is 33.8 Å². The smallest absolute Gasteiger partial charge is 0.261 e. The summed E-state index contributed by atoms with van der Waals surface area (Å²) in [6.45, 7) is 6.19. The second kappa shape index (κ2) is 11.8. The first kappa shape index (κ1) is 26.1. The van der Waals surface area contributed by atoms with Crippen LogP contribution < -0.4 is 5.48 Å². The Balaban J connectivity index is 1.86. The van der Waals surface area contributed by atoms with Crippen molar-refractivity contribution in [3.05, 3.63) is 71.3 Å². The van der Waals surface area contributed by atoms with Crippen molar-refractivity contribution in [1.82, 2.24) is 15.3 Å². The van der Waals surface area contributed by atoms with Gasteiger partial charge in [0, 0.05) is 20.1 Å². The molecular formula is C27H33N3O5. The number of benzene rings is 2. The lowest BCUT2D eigenvalue weighted by atomic mass is 9.83. The maximum Gasteiger partial charge on any atom is 0.261 e. The Morgan fingerprint density at radius 1 is 0.943 bits per heavy atom. The van der Waals surface area contributed by atoms with Crippen LogP contribution in [0.1, 0.15) is 53.5 Å². The molecule has 4 amide bonds. The first-order valence-corrected chi connectivity index (χ1v) is 11.9. The second-order valence-corrected chi connectivity index (χ2v) is 9.20. The minimum absolute atomic E-state index is 0.108. The third-order valence-corrected chi connectivity index (χ3v) is 6.23. The fraction of sp³-hybridized carbons (Fsp3) is 0.407. The summed E-state index contributed by atoms with van der Waals surface area (Å²) in [6, 6.07) is 15.9. The van der Waals surface area contributed by atoms with Crippen molar-refractivity contribution in [2.75, 3.05) is 20.1 Å². The van der Waals surface area contributed by atoms with Gasteiger partial charge < -0.3 is 4.90 Å². The predicted molar refractivity (Wildman–Crippen MR) is 131 cm³/mol. The Bertz CT molecular complexity index is 1030. The lowest BCUT2D eigenvalue weighted by Crippen LogP contribution is -2.49. The van der Waals surface area contributed by atoms with Crippen molar-refractivity contribution in [3.8, 4) is 0 Å². The third-order valence-electron chi connectivity index (χ3n) is 6.23. The minimum atomic E-state index is -0.975. The number of nitrogens with zero attached hydrogens (tertiary/aromatic N) is 2. The maximum atomic E-state index is 13.4. The summed E-state index contributed by atoms with van der Waals surface area (Å²) in [7, 11) is 1.68. The number of amides is 4. The summed E-state index contributed by atoms with van der Waals surface area (Å²) < 4.78 is 0. The highest BCUT2D eigenvalue weighted by Crippen LogP contribution is 2.29. The van der Waals surface area contributed by atoms with Crippen LogP contribution in [0.25, 0.3) is 0 Å². The van der Waals surface area contributed by atoms with E-state index in [-0.39, 0.29) is 25.0 Å². The van der Waals surface area contributed by atoms with E-state index < -0.39 is 29.6 Å². The topological polar surface area (TPSA) is 96.0 Å². The van der Waals surface area contributed by atoms with Crippen molar-refractivity contribution in [2.24, 2.45) is 17.8 Å². The Kier molecular flexibility index (Phi) is 8.76. The van der Waals surface area contributed by atoms with Crippen LogP contribution in [0.4, 0.5) is 0 Å². The van der Waals surface area contributed by atoms with E-state index in [1.165, 1.54) is 0 Å². The summed E-state index contributed by atoms with van der Waals surface area (Å²) in [5, 5.41) is 0. The zero-order valence-electron chi connectivity index (χ0n) is 20.7. The van der Waals surface area contributed by atoms with Gasteiger partial charge in [0.25, 0.3) is 11.8 Å². The van der Waals surface area contributed by atoms with Gasteiger partial charge in [0.15, 0.2) is 0 Å². The zero-order valence-corrected chi connectivity index (χ0v) is 20.7. The molecule has 0 aliphatic carbocycles. The molecule has 3 rings (SSSR count). The first-order valence-electron chi connectivity index (χ1n) is 11.9. The predicted octanol–water partition coefficient (Wildman–Crippen LogP) is 3.29. The van der Waals surface area contributed by atoms with Gasteiger partial charge in [-0.3, -0.25) is 28.9 Å². The van der Waals surface area contributed by atoms with Crippen molar-refractivity contribution in [1.29, 1.82) is 0 Å². The van der Waals surface area contributed by atoms with Gasteiger partial charge in [-0.15, -0.1) is 0 Å². The van der Waals surface area contributed by atoms with Gasteiger partial charge in [0.05, 0.1) is 29.6 Å². The molecule has 8 heteroatoms. The molecule has 0 radical (unpaired) electrons. The van der Waals surface area contributed by atoms with E-state index >= 15 is 0 Å². The van der Waals surface area contributed by atoms with Gasteiger partial charge in [-0.1, -0.05) is 56.3 Å². The molecule has 0 saturated carbocycles. The summed E-state index contributed by atoms with van der Waals surface area (Å²) in [6.07, 6.45) is 0.420. The molecule has 0 fully saturated rings. The lowest BCUT2D eigenvalue weighted by molar-refractivity contribution is -0.148. The minimum Gasteiger partial charge on any atom is -0.346 e. The van der Waals surface area contributed by atoms with E-state index in [1.807, 2.05) is 51.1 Å². The highest BCUT2D eigenvalue weighted by Gasteiger charge is 2.42. The van der Waals surface area contributed by atoms with Crippen LogP contribution in [0, 0.1) is 17.8 Å². The average Bonchev–Trinajstić information content (AvgIpc) is 3.10. The summed E-state index contributed by atoms with van der Waals surface area (Å²) in [4.78, 5) is 60.8. The van der Waals surface area contributed by atoms with Crippen molar-refractivity contribution in [3.63, 3.8) is 0 Å². The number of carbonyl (C=O) groups excluding carboxylic acids is 4. The van der Waals surface area contributed by atoms with Gasteiger partial charge in [0.1, 0.15) is 0 Å². The number of fused-ring (bicyclic) bond motifs is 1. The van der Waals surface area contributed by atoms with Crippen molar-refractivity contribution < 1.29 is 24.0 Å². The Labute approximate surface area is 206 Å². The normalized spacial score (nSPS) is 14.6. The molecule has 1 aliphatic rings. The van der Waals surface area contributed by atoms with Crippen LogP contribution in [0.2, 0.25) is 0 Å². The number of nitrogens with one attached hydrogen (secondary N) is 1. The SMILES string of the molecule is CCN(C)C(=O)C(CC(C)C)[C@H](CN1C(=O)c2ccccc2C1=O)C(=O)NOCc1ccccc1. The molecule has 0 aromatic heterocycles. The highest BCUT2D eigenvalue weighted by atomic mass is 16.6. The molecule has 35 heavy (non-hydrogen) atoms. The molecule has 8 nitrogen and oxygen atoms in total.